The van der Waals surface area contributed by atoms with Crippen LogP contribution in [0.2, 0.25) is 0 Å². The molecule has 0 aliphatic carbocycles. The van der Waals surface area contributed by atoms with Gasteiger partial charge in [-0.2, -0.15) is 9.78 Å². The first-order chi connectivity index (χ1) is 12.0. The molecule has 3 rings (SSSR count). The summed E-state index contributed by atoms with van der Waals surface area (Å²) in [7, 11) is 0. The maximum Gasteiger partial charge on any atom is 0.281 e. The molecule has 0 saturated heterocycles. The molecule has 0 fully saturated rings. The first kappa shape index (κ1) is 17.0. The molecule has 0 radical (unpaired) electrons. The zero-order chi connectivity index (χ0) is 18.0. The number of carbonyl (C=O) groups is 1. The number of hydrogen-bond acceptors (Lipinski definition) is 3. The van der Waals surface area contributed by atoms with Crippen LogP contribution in [0, 0.1) is 13.8 Å². The monoisotopic (exact) mass is 338 g/mol. The lowest BCUT2D eigenvalue weighted by Gasteiger charge is -2.09. The van der Waals surface area contributed by atoms with Gasteiger partial charge in [-0.1, -0.05) is 25.1 Å². The summed E-state index contributed by atoms with van der Waals surface area (Å²) in [5.74, 6) is -0.0512. The van der Waals surface area contributed by atoms with Gasteiger partial charge in [0.25, 0.3) is 5.56 Å². The summed E-state index contributed by atoms with van der Waals surface area (Å²) in [6.45, 7) is 6.66. The Labute approximate surface area is 146 Å². The van der Waals surface area contributed by atoms with E-state index in [1.165, 1.54) is 4.68 Å². The van der Waals surface area contributed by atoms with Crippen LogP contribution in [0.1, 0.15) is 24.7 Å². The number of rotatable bonds is 5. The Balaban J connectivity index is 2.09. The van der Waals surface area contributed by atoms with E-state index in [4.69, 9.17) is 0 Å². The highest BCUT2D eigenvalue weighted by Gasteiger charge is 2.18. The maximum absolute atomic E-state index is 13.0. The van der Waals surface area contributed by atoms with Crippen LogP contribution >= 0.6 is 0 Å². The molecule has 1 aromatic carbocycles. The SMILES string of the molecule is CCCNC(=O)Cn1c(C)c2cnn(-c3ccccc3)c(=O)c2c1C. The molecule has 0 aliphatic heterocycles. The van der Waals surface area contributed by atoms with Gasteiger partial charge >= 0.3 is 0 Å². The molecule has 130 valence electrons. The van der Waals surface area contributed by atoms with Crippen LogP contribution in [-0.4, -0.2) is 26.8 Å². The van der Waals surface area contributed by atoms with E-state index in [2.05, 4.69) is 10.4 Å². The molecule has 3 aromatic rings. The van der Waals surface area contributed by atoms with Gasteiger partial charge in [0.1, 0.15) is 6.54 Å². The van der Waals surface area contributed by atoms with E-state index >= 15 is 0 Å². The molecule has 0 unspecified atom stereocenters. The van der Waals surface area contributed by atoms with Crippen LogP contribution in [0.25, 0.3) is 16.5 Å². The maximum atomic E-state index is 13.0. The van der Waals surface area contributed by atoms with Crippen molar-refractivity contribution in [2.45, 2.75) is 33.7 Å². The predicted molar refractivity (Wildman–Crippen MR) is 98.1 cm³/mol. The van der Waals surface area contributed by atoms with E-state index in [9.17, 15) is 9.59 Å². The van der Waals surface area contributed by atoms with Gasteiger partial charge in [-0.05, 0) is 32.4 Å². The Hall–Kier alpha value is -2.89. The molecule has 6 heteroatoms. The van der Waals surface area contributed by atoms with Crippen molar-refractivity contribution < 1.29 is 4.79 Å². The predicted octanol–water partition coefficient (Wildman–Crippen LogP) is 2.33. The Morgan fingerprint density at radius 3 is 2.56 bits per heavy atom. The number of aromatic nitrogens is 3. The molecular formula is C19H22N4O2. The lowest BCUT2D eigenvalue weighted by Crippen LogP contribution is -2.28. The summed E-state index contributed by atoms with van der Waals surface area (Å²) in [5, 5.41) is 8.58. The quantitative estimate of drug-likeness (QED) is 0.776. The fourth-order valence-electron chi connectivity index (χ4n) is 3.06. The third-order valence-corrected chi connectivity index (χ3v) is 4.41. The third kappa shape index (κ3) is 3.07. The number of benzene rings is 1. The molecule has 6 nitrogen and oxygen atoms in total. The zero-order valence-electron chi connectivity index (χ0n) is 14.7. The molecule has 0 bridgehead atoms. The second kappa shape index (κ2) is 6.93. The van der Waals surface area contributed by atoms with E-state index in [1.54, 1.807) is 6.20 Å². The van der Waals surface area contributed by atoms with Gasteiger partial charge in [-0.25, -0.2) is 0 Å². The molecule has 1 N–H and O–H groups in total. The minimum Gasteiger partial charge on any atom is -0.355 e. The number of para-hydroxylation sites is 1. The Bertz CT molecular complexity index is 970. The van der Waals surface area contributed by atoms with E-state index in [0.29, 0.717) is 11.9 Å². The third-order valence-electron chi connectivity index (χ3n) is 4.41. The molecule has 25 heavy (non-hydrogen) atoms. The van der Waals surface area contributed by atoms with Crippen molar-refractivity contribution in [3.63, 3.8) is 0 Å². The van der Waals surface area contributed by atoms with Crippen LogP contribution < -0.4 is 10.9 Å². The van der Waals surface area contributed by atoms with Crippen molar-refractivity contribution in [3.8, 4) is 5.69 Å². The van der Waals surface area contributed by atoms with E-state index in [0.717, 1.165) is 28.9 Å². The highest BCUT2D eigenvalue weighted by molar-refractivity contribution is 5.88. The number of nitrogens with zero attached hydrogens (tertiary/aromatic N) is 3. The molecule has 0 aliphatic rings. The Morgan fingerprint density at radius 2 is 1.88 bits per heavy atom. The average Bonchev–Trinajstić information content (AvgIpc) is 2.86. The number of fused-ring (bicyclic) bond motifs is 1. The first-order valence-corrected chi connectivity index (χ1v) is 8.44. The van der Waals surface area contributed by atoms with Crippen LogP contribution in [0.15, 0.2) is 41.3 Å². The van der Waals surface area contributed by atoms with E-state index in [-0.39, 0.29) is 18.0 Å². The van der Waals surface area contributed by atoms with E-state index in [1.807, 2.05) is 55.7 Å². The normalized spacial score (nSPS) is 11.0. The molecule has 1 amide bonds. The molecule has 2 aromatic heterocycles. The van der Waals surface area contributed by atoms with Crippen molar-refractivity contribution >= 4 is 16.7 Å². The Kier molecular flexibility index (Phi) is 4.70. The summed E-state index contributed by atoms with van der Waals surface area (Å²) in [5.41, 5.74) is 2.22. The van der Waals surface area contributed by atoms with Crippen molar-refractivity contribution in [1.29, 1.82) is 0 Å². The highest BCUT2D eigenvalue weighted by atomic mass is 16.2. The van der Waals surface area contributed by atoms with E-state index < -0.39 is 0 Å². The summed E-state index contributed by atoms with van der Waals surface area (Å²) in [6, 6.07) is 9.33. The second-order valence-electron chi connectivity index (χ2n) is 6.09. The Morgan fingerprint density at radius 1 is 1.16 bits per heavy atom. The number of carbonyl (C=O) groups excluding carboxylic acids is 1. The molecule has 0 spiro atoms. The molecule has 0 saturated carbocycles. The molecule has 0 atom stereocenters. The topological polar surface area (TPSA) is 68.9 Å². The van der Waals surface area contributed by atoms with Gasteiger partial charge in [0.15, 0.2) is 0 Å². The molecule has 2 heterocycles. The van der Waals surface area contributed by atoms with Gasteiger partial charge in [0.2, 0.25) is 5.91 Å². The van der Waals surface area contributed by atoms with Crippen molar-refractivity contribution in [2.24, 2.45) is 0 Å². The summed E-state index contributed by atoms with van der Waals surface area (Å²) in [6.07, 6.45) is 2.59. The fraction of sp³-hybridized carbons (Fsp3) is 0.316. The van der Waals surface area contributed by atoms with Crippen LogP contribution in [0.4, 0.5) is 0 Å². The van der Waals surface area contributed by atoms with Crippen LogP contribution in [0.5, 0.6) is 0 Å². The molecular weight excluding hydrogens is 316 g/mol. The van der Waals surface area contributed by atoms with Gasteiger partial charge < -0.3 is 9.88 Å². The minimum absolute atomic E-state index is 0.0512. The first-order valence-electron chi connectivity index (χ1n) is 8.44. The minimum atomic E-state index is -0.169. The standard InChI is InChI=1S/C19H22N4O2/c1-4-10-20-17(24)12-22-13(2)16-11-21-23(15-8-6-5-7-9-15)19(25)18(16)14(22)3/h5-9,11H,4,10,12H2,1-3H3,(H,20,24). The van der Waals surface area contributed by atoms with Crippen molar-refractivity contribution in [2.75, 3.05) is 6.54 Å². The van der Waals surface area contributed by atoms with Gasteiger partial charge in [-0.3, -0.25) is 9.59 Å². The number of aryl methyl sites for hydroxylation is 2. The number of nitrogens with one attached hydrogen (secondary N) is 1. The van der Waals surface area contributed by atoms with Crippen LogP contribution in [-0.2, 0) is 11.3 Å². The number of hydrogen-bond donors (Lipinski definition) is 1. The largest absolute Gasteiger partial charge is 0.355 e. The average molecular weight is 338 g/mol. The number of amides is 1. The lowest BCUT2D eigenvalue weighted by atomic mass is 10.2. The fourth-order valence-corrected chi connectivity index (χ4v) is 3.06. The van der Waals surface area contributed by atoms with Crippen molar-refractivity contribution in [3.05, 3.63) is 58.3 Å². The van der Waals surface area contributed by atoms with Gasteiger partial charge in [0.05, 0.1) is 17.3 Å². The summed E-state index contributed by atoms with van der Waals surface area (Å²) < 4.78 is 3.28. The van der Waals surface area contributed by atoms with Crippen molar-refractivity contribution in [1.82, 2.24) is 19.7 Å². The lowest BCUT2D eigenvalue weighted by molar-refractivity contribution is -0.121. The van der Waals surface area contributed by atoms with Gasteiger partial charge in [0, 0.05) is 23.3 Å². The summed E-state index contributed by atoms with van der Waals surface area (Å²) >= 11 is 0. The highest BCUT2D eigenvalue weighted by Crippen LogP contribution is 2.22. The summed E-state index contributed by atoms with van der Waals surface area (Å²) in [4.78, 5) is 25.1. The zero-order valence-corrected chi connectivity index (χ0v) is 14.7. The van der Waals surface area contributed by atoms with Gasteiger partial charge in [-0.15, -0.1) is 0 Å². The van der Waals surface area contributed by atoms with Crippen LogP contribution in [0.3, 0.4) is 0 Å². The second-order valence-corrected chi connectivity index (χ2v) is 6.09. The smallest absolute Gasteiger partial charge is 0.281 e.